The fraction of sp³-hybridized carbons (Fsp3) is 0.529. The predicted molar refractivity (Wildman–Crippen MR) is 86.4 cm³/mol. The Morgan fingerprint density at radius 1 is 1.32 bits per heavy atom. The number of benzene rings is 1. The number of amides is 1. The number of likely N-dealkylation sites (N-methyl/N-ethyl adjacent to an activating group) is 1. The number of ketones is 1. The van der Waals surface area contributed by atoms with Crippen molar-refractivity contribution in [3.63, 3.8) is 0 Å². The molecule has 1 rings (SSSR count). The minimum absolute atomic E-state index is 0.0273. The van der Waals surface area contributed by atoms with Crippen LogP contribution in [0.15, 0.2) is 18.2 Å². The molecule has 2 N–H and O–H groups in total. The average Bonchev–Trinajstić information content (AvgIpc) is 2.45. The molecular formula is C17H27N2O3+. The van der Waals surface area contributed by atoms with Gasteiger partial charge in [0.25, 0.3) is 5.91 Å². The number of hydrogen-bond donors (Lipinski definition) is 2. The molecule has 5 nitrogen and oxygen atoms in total. The molecule has 5 heteroatoms. The molecule has 0 heterocycles. The summed E-state index contributed by atoms with van der Waals surface area (Å²) < 4.78 is 5.37. The third-order valence-electron chi connectivity index (χ3n) is 3.49. The summed E-state index contributed by atoms with van der Waals surface area (Å²) in [6.45, 7) is 9.35. The summed E-state index contributed by atoms with van der Waals surface area (Å²) in [6.07, 6.45) is 0. The van der Waals surface area contributed by atoms with E-state index in [0.717, 1.165) is 22.8 Å². The molecule has 0 aliphatic heterocycles. The molecule has 22 heavy (non-hydrogen) atoms. The van der Waals surface area contributed by atoms with E-state index in [1.165, 1.54) is 0 Å². The van der Waals surface area contributed by atoms with Crippen LogP contribution in [0.5, 0.6) is 5.75 Å². The van der Waals surface area contributed by atoms with Crippen LogP contribution < -0.4 is 15.0 Å². The van der Waals surface area contributed by atoms with Gasteiger partial charge in [0.2, 0.25) is 0 Å². The van der Waals surface area contributed by atoms with Crippen molar-refractivity contribution in [1.82, 2.24) is 5.32 Å². The first-order chi connectivity index (χ1) is 10.4. The molecular weight excluding hydrogens is 280 g/mol. The first kappa shape index (κ1) is 18.2. The highest BCUT2D eigenvalue weighted by Crippen LogP contribution is 2.19. The quantitative estimate of drug-likeness (QED) is 0.699. The smallest absolute Gasteiger partial charge is 0.275 e. The number of methoxy groups -OCH3 is 1. The minimum atomic E-state index is 0.0273. The standard InChI is InChI=1S/C17H26N2O3/c1-6-19(11-17(21)18-12(2)3)10-15-9-14(13(4)20)7-8-16(15)22-5/h7-9,12H,6,10-11H2,1-5H3,(H,18,21)/p+1. The van der Waals surface area contributed by atoms with Crippen LogP contribution in [-0.4, -0.2) is 37.9 Å². The highest BCUT2D eigenvalue weighted by molar-refractivity contribution is 5.94. The molecule has 0 fully saturated rings. The number of carbonyl (C=O) groups is 2. The lowest BCUT2D eigenvalue weighted by atomic mass is 10.1. The second-order valence-electron chi connectivity index (χ2n) is 5.76. The van der Waals surface area contributed by atoms with Crippen LogP contribution in [0.1, 0.15) is 43.6 Å². The van der Waals surface area contributed by atoms with Gasteiger partial charge in [0, 0.05) is 17.2 Å². The molecule has 0 spiro atoms. The third kappa shape index (κ3) is 5.48. The zero-order chi connectivity index (χ0) is 16.7. The lowest BCUT2D eigenvalue weighted by molar-refractivity contribution is -0.904. The first-order valence-corrected chi connectivity index (χ1v) is 7.68. The van der Waals surface area contributed by atoms with Crippen molar-refractivity contribution in [2.45, 2.75) is 40.3 Å². The molecule has 0 saturated carbocycles. The molecule has 1 aromatic rings. The van der Waals surface area contributed by atoms with Gasteiger partial charge in [-0.3, -0.25) is 9.59 Å². The van der Waals surface area contributed by atoms with Crippen LogP contribution in [0.2, 0.25) is 0 Å². The molecule has 0 aromatic heterocycles. The van der Waals surface area contributed by atoms with Crippen molar-refractivity contribution in [2.75, 3.05) is 20.2 Å². The van der Waals surface area contributed by atoms with Gasteiger partial charge in [0.05, 0.1) is 13.7 Å². The Morgan fingerprint density at radius 2 is 2.00 bits per heavy atom. The fourth-order valence-electron chi connectivity index (χ4n) is 2.32. The lowest BCUT2D eigenvalue weighted by Crippen LogP contribution is -3.11. The Morgan fingerprint density at radius 3 is 2.50 bits per heavy atom. The number of Topliss-reactive ketones (excluding diaryl/α,β-unsaturated/α-hetero) is 1. The molecule has 1 atom stereocenters. The summed E-state index contributed by atoms with van der Waals surface area (Å²) >= 11 is 0. The molecule has 0 bridgehead atoms. The van der Waals surface area contributed by atoms with Crippen LogP contribution in [0.3, 0.4) is 0 Å². The van der Waals surface area contributed by atoms with Crippen LogP contribution in [-0.2, 0) is 11.3 Å². The van der Waals surface area contributed by atoms with Gasteiger partial charge in [-0.1, -0.05) is 0 Å². The van der Waals surface area contributed by atoms with E-state index in [1.807, 2.05) is 32.9 Å². The second kappa shape index (κ2) is 8.54. The minimum Gasteiger partial charge on any atom is -0.496 e. The van der Waals surface area contributed by atoms with Gasteiger partial charge >= 0.3 is 0 Å². The van der Waals surface area contributed by atoms with Crippen LogP contribution in [0.4, 0.5) is 0 Å². The fourth-order valence-corrected chi connectivity index (χ4v) is 2.32. The lowest BCUT2D eigenvalue weighted by Gasteiger charge is -2.19. The van der Waals surface area contributed by atoms with Crippen molar-refractivity contribution < 1.29 is 19.2 Å². The molecule has 0 saturated heterocycles. The molecule has 1 aromatic carbocycles. The third-order valence-corrected chi connectivity index (χ3v) is 3.49. The highest BCUT2D eigenvalue weighted by atomic mass is 16.5. The van der Waals surface area contributed by atoms with Gasteiger partial charge in [-0.05, 0) is 45.9 Å². The Labute approximate surface area is 132 Å². The number of nitrogens with one attached hydrogen (secondary N) is 2. The Bertz CT molecular complexity index is 527. The van der Waals surface area contributed by atoms with Gasteiger partial charge < -0.3 is 15.0 Å². The SMILES string of the molecule is CC[NH+](CC(=O)NC(C)C)Cc1cc(C(C)=O)ccc1OC. The van der Waals surface area contributed by atoms with Gasteiger partial charge in [0.1, 0.15) is 12.3 Å². The highest BCUT2D eigenvalue weighted by Gasteiger charge is 2.17. The molecule has 1 amide bonds. The maximum Gasteiger partial charge on any atom is 0.275 e. The van der Waals surface area contributed by atoms with E-state index < -0.39 is 0 Å². The van der Waals surface area contributed by atoms with Crippen molar-refractivity contribution in [2.24, 2.45) is 0 Å². The van der Waals surface area contributed by atoms with Gasteiger partial charge in [0.15, 0.2) is 12.3 Å². The summed E-state index contributed by atoms with van der Waals surface area (Å²) in [7, 11) is 1.61. The number of rotatable bonds is 8. The zero-order valence-corrected chi connectivity index (χ0v) is 14.2. The van der Waals surface area contributed by atoms with Crippen LogP contribution >= 0.6 is 0 Å². The normalized spacial score (nSPS) is 12.1. The molecule has 122 valence electrons. The maximum atomic E-state index is 11.9. The molecule has 1 unspecified atom stereocenters. The summed E-state index contributed by atoms with van der Waals surface area (Å²) in [5.74, 6) is 0.813. The second-order valence-corrected chi connectivity index (χ2v) is 5.76. The van der Waals surface area contributed by atoms with E-state index in [4.69, 9.17) is 4.74 Å². The summed E-state index contributed by atoms with van der Waals surface area (Å²) in [5, 5.41) is 2.91. The zero-order valence-electron chi connectivity index (χ0n) is 14.2. The number of carbonyl (C=O) groups excluding carboxylic acids is 2. The number of quaternary nitrogens is 1. The van der Waals surface area contributed by atoms with E-state index in [-0.39, 0.29) is 17.7 Å². The van der Waals surface area contributed by atoms with E-state index in [2.05, 4.69) is 5.32 Å². The van der Waals surface area contributed by atoms with E-state index in [1.54, 1.807) is 20.1 Å². The predicted octanol–water partition coefficient (Wildman–Crippen LogP) is 0.827. The number of ether oxygens (including phenoxy) is 1. The monoisotopic (exact) mass is 307 g/mol. The van der Waals surface area contributed by atoms with Crippen LogP contribution in [0, 0.1) is 0 Å². The largest absolute Gasteiger partial charge is 0.496 e. The maximum absolute atomic E-state index is 11.9. The van der Waals surface area contributed by atoms with Gasteiger partial charge in [-0.2, -0.15) is 0 Å². The summed E-state index contributed by atoms with van der Waals surface area (Å²) in [5.41, 5.74) is 1.61. The van der Waals surface area contributed by atoms with Crippen molar-refractivity contribution in [1.29, 1.82) is 0 Å². The molecule has 0 radical (unpaired) electrons. The summed E-state index contributed by atoms with van der Waals surface area (Å²) in [4.78, 5) is 24.6. The van der Waals surface area contributed by atoms with E-state index in [0.29, 0.717) is 18.7 Å². The van der Waals surface area contributed by atoms with Gasteiger partial charge in [-0.25, -0.2) is 0 Å². The summed E-state index contributed by atoms with van der Waals surface area (Å²) in [6, 6.07) is 5.58. The van der Waals surface area contributed by atoms with Gasteiger partial charge in [-0.15, -0.1) is 0 Å². The number of hydrogen-bond acceptors (Lipinski definition) is 3. The topological polar surface area (TPSA) is 59.8 Å². The van der Waals surface area contributed by atoms with Crippen molar-refractivity contribution in [3.05, 3.63) is 29.3 Å². The first-order valence-electron chi connectivity index (χ1n) is 7.68. The Balaban J connectivity index is 2.87. The Kier molecular flexibility index (Phi) is 7.05. The van der Waals surface area contributed by atoms with E-state index >= 15 is 0 Å². The van der Waals surface area contributed by atoms with Crippen molar-refractivity contribution >= 4 is 11.7 Å². The molecule has 0 aliphatic carbocycles. The van der Waals surface area contributed by atoms with Crippen molar-refractivity contribution in [3.8, 4) is 5.75 Å². The average molecular weight is 307 g/mol. The Hall–Kier alpha value is -1.88. The van der Waals surface area contributed by atoms with E-state index in [9.17, 15) is 9.59 Å². The van der Waals surface area contributed by atoms with Crippen LogP contribution in [0.25, 0.3) is 0 Å². The molecule has 0 aliphatic rings.